The minimum Gasteiger partial charge on any atom is -0.314 e. The van der Waals surface area contributed by atoms with E-state index in [1.807, 2.05) is 79.9 Å². The van der Waals surface area contributed by atoms with E-state index in [0.717, 1.165) is 22.4 Å². The summed E-state index contributed by atoms with van der Waals surface area (Å²) in [4.78, 5) is 15.6. The lowest BCUT2D eigenvalue weighted by Gasteiger charge is -2.36. The monoisotopic (exact) mass is 364 g/mol. The summed E-state index contributed by atoms with van der Waals surface area (Å²) in [6.07, 6.45) is 1.86. The quantitative estimate of drug-likeness (QED) is 0.625. The molecule has 28 heavy (non-hydrogen) atoms. The Bertz CT molecular complexity index is 1080. The van der Waals surface area contributed by atoms with Crippen molar-refractivity contribution in [3.8, 4) is 6.07 Å². The Kier molecular flexibility index (Phi) is 4.33. The second-order valence-electron chi connectivity index (χ2n) is 7.00. The van der Waals surface area contributed by atoms with Gasteiger partial charge in [-0.05, 0) is 34.9 Å². The van der Waals surface area contributed by atoms with Crippen LogP contribution in [0.2, 0.25) is 0 Å². The Labute approximate surface area is 165 Å². The van der Waals surface area contributed by atoms with E-state index in [0.29, 0.717) is 5.56 Å². The van der Waals surface area contributed by atoms with E-state index in [9.17, 15) is 10.1 Å². The summed E-state index contributed by atoms with van der Waals surface area (Å²) in [6.45, 7) is 4.10. The lowest BCUT2D eigenvalue weighted by atomic mass is 9.64. The normalized spacial score (nSPS) is 19.0. The van der Waals surface area contributed by atoms with Crippen LogP contribution in [0.4, 0.5) is 5.69 Å². The number of nitrogens with zero attached hydrogens (tertiary/aromatic N) is 2. The van der Waals surface area contributed by atoms with Crippen molar-refractivity contribution in [1.82, 2.24) is 0 Å². The number of benzene rings is 3. The average Bonchev–Trinajstić information content (AvgIpc) is 2.98. The number of carbonyl (C=O) groups excluding carboxylic acids is 1. The van der Waals surface area contributed by atoms with Crippen molar-refractivity contribution in [3.05, 3.63) is 114 Å². The Morgan fingerprint density at radius 3 is 2.29 bits per heavy atom. The van der Waals surface area contributed by atoms with Gasteiger partial charge >= 0.3 is 0 Å². The number of allylic oxidation sites excluding steroid dienone is 1. The SMILES string of the molecule is C=CC(c1ccccc1)C1(c2ccc(C#N)cc2)C(=O)N(C)c2ccccc21. The van der Waals surface area contributed by atoms with Crippen molar-refractivity contribution < 1.29 is 4.79 Å². The molecule has 2 atom stereocenters. The summed E-state index contributed by atoms with van der Waals surface area (Å²) in [5, 5.41) is 9.20. The first kappa shape index (κ1) is 17.8. The van der Waals surface area contributed by atoms with Gasteiger partial charge in [-0.15, -0.1) is 6.58 Å². The van der Waals surface area contributed by atoms with Gasteiger partial charge in [0, 0.05) is 18.7 Å². The molecule has 1 aliphatic heterocycles. The first-order chi connectivity index (χ1) is 13.6. The fourth-order valence-corrected chi connectivity index (χ4v) is 4.38. The van der Waals surface area contributed by atoms with Crippen LogP contribution in [0.15, 0.2) is 91.5 Å². The number of para-hydroxylation sites is 1. The molecule has 1 aliphatic rings. The van der Waals surface area contributed by atoms with Crippen LogP contribution in [-0.4, -0.2) is 13.0 Å². The van der Waals surface area contributed by atoms with Crippen molar-refractivity contribution >= 4 is 11.6 Å². The lowest BCUT2D eigenvalue weighted by Crippen LogP contribution is -2.44. The molecule has 3 aromatic rings. The summed E-state index contributed by atoms with van der Waals surface area (Å²) in [6, 6.07) is 27.4. The van der Waals surface area contributed by atoms with Crippen molar-refractivity contribution in [1.29, 1.82) is 5.26 Å². The molecule has 0 saturated heterocycles. The molecule has 136 valence electrons. The molecule has 0 N–H and O–H groups in total. The molecule has 0 saturated carbocycles. The number of hydrogen-bond acceptors (Lipinski definition) is 2. The molecule has 0 aromatic heterocycles. The predicted molar refractivity (Wildman–Crippen MR) is 111 cm³/mol. The van der Waals surface area contributed by atoms with Crippen LogP contribution in [0.25, 0.3) is 0 Å². The van der Waals surface area contributed by atoms with Crippen LogP contribution in [0.1, 0.15) is 28.2 Å². The largest absolute Gasteiger partial charge is 0.314 e. The number of fused-ring (bicyclic) bond motifs is 1. The highest BCUT2D eigenvalue weighted by atomic mass is 16.2. The highest BCUT2D eigenvalue weighted by molar-refractivity contribution is 6.11. The fourth-order valence-electron chi connectivity index (χ4n) is 4.38. The number of likely N-dealkylation sites (N-methyl/N-ethyl adjacent to an activating group) is 1. The second-order valence-corrected chi connectivity index (χ2v) is 7.00. The topological polar surface area (TPSA) is 44.1 Å². The average molecular weight is 364 g/mol. The first-order valence-electron chi connectivity index (χ1n) is 9.20. The molecule has 0 spiro atoms. The van der Waals surface area contributed by atoms with Gasteiger partial charge in [-0.3, -0.25) is 4.79 Å². The molecular weight excluding hydrogens is 344 g/mol. The molecule has 3 heteroatoms. The van der Waals surface area contributed by atoms with E-state index >= 15 is 0 Å². The molecule has 0 fully saturated rings. The van der Waals surface area contributed by atoms with Gasteiger partial charge in [-0.1, -0.05) is 66.7 Å². The van der Waals surface area contributed by atoms with E-state index in [1.54, 1.807) is 17.0 Å². The number of nitriles is 1. The standard InChI is InChI=1S/C25H20N2O/c1-3-21(19-9-5-4-6-10-19)25(20-15-13-18(17-26)14-16-20)22-11-7-8-12-23(22)27(2)24(25)28/h3-16,21H,1H2,2H3. The van der Waals surface area contributed by atoms with Crippen molar-refractivity contribution in [3.63, 3.8) is 0 Å². The molecule has 0 bridgehead atoms. The molecule has 0 aliphatic carbocycles. The molecule has 1 heterocycles. The molecule has 0 radical (unpaired) electrons. The van der Waals surface area contributed by atoms with Crippen LogP contribution in [0, 0.1) is 11.3 Å². The third-order valence-corrected chi connectivity index (χ3v) is 5.66. The smallest absolute Gasteiger partial charge is 0.242 e. The summed E-state index contributed by atoms with van der Waals surface area (Å²) < 4.78 is 0. The number of hydrogen-bond donors (Lipinski definition) is 0. The molecule has 3 nitrogen and oxygen atoms in total. The van der Waals surface area contributed by atoms with Gasteiger partial charge in [-0.2, -0.15) is 5.26 Å². The molecule has 2 unspecified atom stereocenters. The minimum absolute atomic E-state index is 0.00663. The van der Waals surface area contributed by atoms with E-state index in [1.165, 1.54) is 0 Å². The van der Waals surface area contributed by atoms with Crippen molar-refractivity contribution in [2.24, 2.45) is 0 Å². The first-order valence-corrected chi connectivity index (χ1v) is 9.20. The van der Waals surface area contributed by atoms with Crippen LogP contribution in [0.5, 0.6) is 0 Å². The van der Waals surface area contributed by atoms with Gasteiger partial charge in [0.25, 0.3) is 0 Å². The minimum atomic E-state index is -0.928. The Morgan fingerprint density at radius 1 is 1.00 bits per heavy atom. The second kappa shape index (κ2) is 6.83. The molecule has 3 aromatic carbocycles. The molecule has 4 rings (SSSR count). The Hall–Kier alpha value is -3.64. The highest BCUT2D eigenvalue weighted by Crippen LogP contribution is 2.53. The summed E-state index contributed by atoms with van der Waals surface area (Å²) in [5.41, 5.74) is 3.39. The Morgan fingerprint density at radius 2 is 1.64 bits per heavy atom. The molecule has 1 amide bonds. The number of rotatable bonds is 4. The van der Waals surface area contributed by atoms with Crippen molar-refractivity contribution in [2.75, 3.05) is 11.9 Å². The predicted octanol–water partition coefficient (Wildman–Crippen LogP) is 4.79. The third-order valence-electron chi connectivity index (χ3n) is 5.66. The van der Waals surface area contributed by atoms with Crippen LogP contribution >= 0.6 is 0 Å². The summed E-state index contributed by atoms with van der Waals surface area (Å²) in [7, 11) is 1.82. The maximum absolute atomic E-state index is 13.8. The van der Waals surface area contributed by atoms with E-state index in [2.05, 4.69) is 12.6 Å². The highest BCUT2D eigenvalue weighted by Gasteiger charge is 2.55. The Balaban J connectivity index is 2.06. The third kappa shape index (κ3) is 2.39. The number of carbonyl (C=O) groups is 1. The van der Waals surface area contributed by atoms with Gasteiger partial charge in [0.05, 0.1) is 11.6 Å². The zero-order valence-corrected chi connectivity index (χ0v) is 15.7. The lowest BCUT2D eigenvalue weighted by molar-refractivity contribution is -0.121. The maximum atomic E-state index is 13.8. The van der Waals surface area contributed by atoms with E-state index < -0.39 is 5.41 Å². The molecular formula is C25H20N2O. The summed E-state index contributed by atoms with van der Waals surface area (Å²) >= 11 is 0. The van der Waals surface area contributed by atoms with Gasteiger partial charge in [0.2, 0.25) is 5.91 Å². The van der Waals surface area contributed by atoms with Gasteiger partial charge in [-0.25, -0.2) is 0 Å². The van der Waals surface area contributed by atoms with Gasteiger partial charge in [0.15, 0.2) is 0 Å². The number of anilines is 1. The fraction of sp³-hybridized carbons (Fsp3) is 0.120. The summed E-state index contributed by atoms with van der Waals surface area (Å²) in [5.74, 6) is -0.243. The van der Waals surface area contributed by atoms with Crippen LogP contribution in [-0.2, 0) is 10.2 Å². The van der Waals surface area contributed by atoms with Crippen LogP contribution < -0.4 is 4.90 Å². The zero-order chi connectivity index (χ0) is 19.7. The van der Waals surface area contributed by atoms with Crippen molar-refractivity contribution in [2.45, 2.75) is 11.3 Å². The maximum Gasteiger partial charge on any atom is 0.242 e. The van der Waals surface area contributed by atoms with E-state index in [4.69, 9.17) is 0 Å². The van der Waals surface area contributed by atoms with Gasteiger partial charge < -0.3 is 4.90 Å². The zero-order valence-electron chi connectivity index (χ0n) is 15.7. The van der Waals surface area contributed by atoms with E-state index in [-0.39, 0.29) is 11.8 Å². The van der Waals surface area contributed by atoms with Crippen LogP contribution in [0.3, 0.4) is 0 Å². The number of amides is 1. The van der Waals surface area contributed by atoms with Gasteiger partial charge in [0.1, 0.15) is 5.41 Å².